The number of hydrogen-bond acceptors (Lipinski definition) is 7. The van der Waals surface area contributed by atoms with Gasteiger partial charge in [0.25, 0.3) is 11.7 Å². The highest BCUT2D eigenvalue weighted by Gasteiger charge is 2.22. The Morgan fingerprint density at radius 3 is 2.41 bits per heavy atom. The lowest BCUT2D eigenvalue weighted by Gasteiger charge is -2.36. The monoisotopic (exact) mass is 490 g/mol. The fourth-order valence-corrected chi connectivity index (χ4v) is 4.53. The number of fused-ring (bicyclic) bond motifs is 1. The molecular formula is C28H26N8O. The molecule has 184 valence electrons. The second kappa shape index (κ2) is 9.69. The van der Waals surface area contributed by atoms with Crippen LogP contribution >= 0.6 is 0 Å². The number of piperazine rings is 1. The molecule has 0 saturated carbocycles. The van der Waals surface area contributed by atoms with Gasteiger partial charge in [-0.25, -0.2) is 4.98 Å². The summed E-state index contributed by atoms with van der Waals surface area (Å²) in [6.45, 7) is 4.97. The van der Waals surface area contributed by atoms with Crippen molar-refractivity contribution in [1.82, 2.24) is 29.5 Å². The molecule has 4 heterocycles. The number of aryl methyl sites for hydroxylation is 1. The van der Waals surface area contributed by atoms with E-state index in [1.54, 1.807) is 16.9 Å². The number of pyridine rings is 1. The summed E-state index contributed by atoms with van der Waals surface area (Å²) >= 11 is 0. The maximum absolute atomic E-state index is 13.1. The molecule has 1 amide bonds. The maximum atomic E-state index is 13.1. The second-order valence-corrected chi connectivity index (χ2v) is 8.99. The van der Waals surface area contributed by atoms with Gasteiger partial charge in [-0.15, -0.1) is 5.10 Å². The van der Waals surface area contributed by atoms with E-state index >= 15 is 0 Å². The van der Waals surface area contributed by atoms with Crippen molar-refractivity contribution < 1.29 is 4.79 Å². The first kappa shape index (κ1) is 22.7. The molecule has 1 fully saturated rings. The first-order chi connectivity index (χ1) is 18.1. The summed E-state index contributed by atoms with van der Waals surface area (Å²) in [4.78, 5) is 30.6. The molecule has 0 radical (unpaired) electrons. The maximum Gasteiger partial charge on any atom is 0.254 e. The van der Waals surface area contributed by atoms with E-state index in [-0.39, 0.29) is 5.91 Å². The number of aromatic nitrogens is 5. The SMILES string of the molecule is Cc1cc(Nc2ccc(C(=O)N3CCN(c4ccccc4)CC3)cc2)n2nc(-c3cccnc3)nc2n1. The Morgan fingerprint density at radius 1 is 0.892 bits per heavy atom. The second-order valence-electron chi connectivity index (χ2n) is 8.99. The number of anilines is 3. The van der Waals surface area contributed by atoms with Gasteiger partial charge in [0.1, 0.15) is 5.82 Å². The van der Waals surface area contributed by atoms with Gasteiger partial charge in [0.05, 0.1) is 0 Å². The van der Waals surface area contributed by atoms with Crippen LogP contribution in [0.2, 0.25) is 0 Å². The Bertz CT molecular complexity index is 1530. The third kappa shape index (κ3) is 4.71. The molecule has 1 aliphatic rings. The molecule has 3 aromatic heterocycles. The van der Waals surface area contributed by atoms with Crippen molar-refractivity contribution in [2.75, 3.05) is 36.4 Å². The molecule has 1 N–H and O–H groups in total. The molecule has 0 bridgehead atoms. The van der Waals surface area contributed by atoms with E-state index in [9.17, 15) is 4.79 Å². The molecule has 9 heteroatoms. The van der Waals surface area contributed by atoms with E-state index in [1.165, 1.54) is 5.69 Å². The van der Waals surface area contributed by atoms with Crippen LogP contribution in [0.3, 0.4) is 0 Å². The Labute approximate surface area is 214 Å². The van der Waals surface area contributed by atoms with Crippen molar-refractivity contribution >= 4 is 28.9 Å². The summed E-state index contributed by atoms with van der Waals surface area (Å²) in [6.07, 6.45) is 3.44. The highest BCUT2D eigenvalue weighted by molar-refractivity contribution is 5.94. The van der Waals surface area contributed by atoms with Crippen LogP contribution in [-0.4, -0.2) is 61.6 Å². The first-order valence-corrected chi connectivity index (χ1v) is 12.3. The summed E-state index contributed by atoms with van der Waals surface area (Å²) in [5.41, 5.74) is 4.36. The number of benzene rings is 2. The summed E-state index contributed by atoms with van der Waals surface area (Å²) in [5.74, 6) is 1.85. The molecule has 37 heavy (non-hydrogen) atoms. The predicted molar refractivity (Wildman–Crippen MR) is 143 cm³/mol. The molecule has 2 aromatic carbocycles. The number of amides is 1. The molecule has 0 aliphatic carbocycles. The van der Waals surface area contributed by atoms with E-state index in [0.29, 0.717) is 30.3 Å². The van der Waals surface area contributed by atoms with Crippen LogP contribution in [0.15, 0.2) is 85.2 Å². The van der Waals surface area contributed by atoms with Gasteiger partial charge in [-0.3, -0.25) is 9.78 Å². The molecule has 0 spiro atoms. The largest absolute Gasteiger partial charge is 0.368 e. The zero-order valence-electron chi connectivity index (χ0n) is 20.5. The number of rotatable bonds is 5. The van der Waals surface area contributed by atoms with E-state index in [1.807, 2.05) is 72.5 Å². The van der Waals surface area contributed by atoms with Crippen LogP contribution in [0.4, 0.5) is 17.2 Å². The number of nitrogens with zero attached hydrogens (tertiary/aromatic N) is 7. The lowest BCUT2D eigenvalue weighted by molar-refractivity contribution is 0.0747. The van der Waals surface area contributed by atoms with Gasteiger partial charge in [0.15, 0.2) is 5.82 Å². The first-order valence-electron chi connectivity index (χ1n) is 12.3. The van der Waals surface area contributed by atoms with Gasteiger partial charge in [0.2, 0.25) is 0 Å². The third-order valence-electron chi connectivity index (χ3n) is 6.45. The Hall–Kier alpha value is -4.79. The standard InChI is InChI=1S/C28H26N8O/c1-20-18-25(36-28(30-20)32-26(33-36)22-6-5-13-29-19-22)31-23-11-9-21(10-12-23)27(37)35-16-14-34(15-17-35)24-7-3-2-4-8-24/h2-13,18-19,31H,14-17H2,1H3. The van der Waals surface area contributed by atoms with Crippen molar-refractivity contribution in [3.05, 3.63) is 96.4 Å². The van der Waals surface area contributed by atoms with Crippen LogP contribution in [0, 0.1) is 6.92 Å². The number of para-hydroxylation sites is 1. The van der Waals surface area contributed by atoms with Gasteiger partial charge >= 0.3 is 0 Å². The van der Waals surface area contributed by atoms with Crippen LogP contribution in [0.5, 0.6) is 0 Å². The van der Waals surface area contributed by atoms with Gasteiger partial charge < -0.3 is 15.1 Å². The molecule has 6 rings (SSSR count). The average molecular weight is 491 g/mol. The fourth-order valence-electron chi connectivity index (χ4n) is 4.53. The lowest BCUT2D eigenvalue weighted by Crippen LogP contribution is -2.48. The Morgan fingerprint density at radius 2 is 1.68 bits per heavy atom. The number of nitrogens with one attached hydrogen (secondary N) is 1. The zero-order chi connectivity index (χ0) is 25.2. The van der Waals surface area contributed by atoms with Gasteiger partial charge in [-0.2, -0.15) is 9.50 Å². The van der Waals surface area contributed by atoms with E-state index in [0.717, 1.165) is 35.9 Å². The van der Waals surface area contributed by atoms with Crippen molar-refractivity contribution in [3.8, 4) is 11.4 Å². The van der Waals surface area contributed by atoms with Gasteiger partial charge in [-0.05, 0) is 55.5 Å². The van der Waals surface area contributed by atoms with Crippen molar-refractivity contribution in [2.24, 2.45) is 0 Å². The lowest BCUT2D eigenvalue weighted by atomic mass is 10.1. The molecule has 0 atom stereocenters. The van der Waals surface area contributed by atoms with Crippen LogP contribution in [-0.2, 0) is 0 Å². The zero-order valence-corrected chi connectivity index (χ0v) is 20.5. The van der Waals surface area contributed by atoms with Gasteiger partial charge in [-0.1, -0.05) is 18.2 Å². The number of carbonyl (C=O) groups excluding carboxylic acids is 1. The molecular weight excluding hydrogens is 464 g/mol. The third-order valence-corrected chi connectivity index (χ3v) is 6.45. The Balaban J connectivity index is 1.16. The quantitative estimate of drug-likeness (QED) is 0.395. The minimum absolute atomic E-state index is 0.0544. The molecule has 1 aliphatic heterocycles. The summed E-state index contributed by atoms with van der Waals surface area (Å²) < 4.78 is 1.68. The van der Waals surface area contributed by atoms with Crippen molar-refractivity contribution in [2.45, 2.75) is 6.92 Å². The minimum atomic E-state index is 0.0544. The van der Waals surface area contributed by atoms with Crippen LogP contribution in [0.1, 0.15) is 16.1 Å². The number of hydrogen-bond donors (Lipinski definition) is 1. The smallest absolute Gasteiger partial charge is 0.254 e. The average Bonchev–Trinajstić information content (AvgIpc) is 3.38. The summed E-state index contributed by atoms with van der Waals surface area (Å²) in [6, 6.07) is 23.6. The fraction of sp³-hybridized carbons (Fsp3) is 0.179. The summed E-state index contributed by atoms with van der Waals surface area (Å²) in [5, 5.41) is 8.03. The Kier molecular flexibility index (Phi) is 5.94. The minimum Gasteiger partial charge on any atom is -0.368 e. The van der Waals surface area contributed by atoms with Crippen molar-refractivity contribution in [3.63, 3.8) is 0 Å². The molecule has 1 saturated heterocycles. The number of carbonyl (C=O) groups is 1. The predicted octanol–water partition coefficient (Wildman–Crippen LogP) is 4.20. The molecule has 5 aromatic rings. The molecule has 9 nitrogen and oxygen atoms in total. The molecule has 0 unspecified atom stereocenters. The summed E-state index contributed by atoms with van der Waals surface area (Å²) in [7, 11) is 0. The normalized spacial score (nSPS) is 13.6. The van der Waals surface area contributed by atoms with Crippen LogP contribution in [0.25, 0.3) is 17.2 Å². The highest BCUT2D eigenvalue weighted by Crippen LogP contribution is 2.22. The van der Waals surface area contributed by atoms with Crippen molar-refractivity contribution in [1.29, 1.82) is 0 Å². The highest BCUT2D eigenvalue weighted by atomic mass is 16.2. The topological polar surface area (TPSA) is 91.6 Å². The van der Waals surface area contributed by atoms with E-state index in [4.69, 9.17) is 0 Å². The van der Waals surface area contributed by atoms with Gasteiger partial charge in [0, 0.05) is 72.8 Å². The van der Waals surface area contributed by atoms with Crippen LogP contribution < -0.4 is 10.2 Å². The van der Waals surface area contributed by atoms with E-state index < -0.39 is 0 Å². The van der Waals surface area contributed by atoms with E-state index in [2.05, 4.69) is 42.4 Å².